The lowest BCUT2D eigenvalue weighted by Crippen LogP contribution is -2.34. The van der Waals surface area contributed by atoms with Gasteiger partial charge in [-0.25, -0.2) is 9.97 Å². The van der Waals surface area contributed by atoms with Gasteiger partial charge in [0.15, 0.2) is 0 Å². The van der Waals surface area contributed by atoms with Crippen molar-refractivity contribution >= 4 is 11.7 Å². The minimum atomic E-state index is -0.190. The Morgan fingerprint density at radius 2 is 1.96 bits per heavy atom. The molecule has 0 spiro atoms. The van der Waals surface area contributed by atoms with Crippen LogP contribution in [0.25, 0.3) is 0 Å². The van der Waals surface area contributed by atoms with Crippen LogP contribution in [0, 0.1) is 5.92 Å². The quantitative estimate of drug-likeness (QED) is 0.906. The number of carbonyl (C=O) groups is 1. The average Bonchev–Trinajstić information content (AvgIpc) is 2.67. The second-order valence-corrected chi connectivity index (χ2v) is 6.46. The van der Waals surface area contributed by atoms with Crippen molar-refractivity contribution in [1.82, 2.24) is 15.3 Å². The molecule has 0 saturated carbocycles. The number of nitrogens with zero attached hydrogens (tertiary/aromatic N) is 3. The SMILES string of the molecule is COc1ccc(CNC(=O)c2cc(N3CCC(C)CC3)ncn2)cc1. The molecule has 2 aromatic rings. The smallest absolute Gasteiger partial charge is 0.270 e. The summed E-state index contributed by atoms with van der Waals surface area (Å²) >= 11 is 0. The van der Waals surface area contributed by atoms with Crippen molar-refractivity contribution in [3.8, 4) is 5.75 Å². The predicted octanol–water partition coefficient (Wildman–Crippen LogP) is 2.65. The highest BCUT2D eigenvalue weighted by Crippen LogP contribution is 2.21. The molecule has 2 heterocycles. The topological polar surface area (TPSA) is 67.3 Å². The first-order valence-electron chi connectivity index (χ1n) is 8.64. The second-order valence-electron chi connectivity index (χ2n) is 6.46. The third-order valence-electron chi connectivity index (χ3n) is 4.61. The van der Waals surface area contributed by atoms with Crippen LogP contribution in [-0.4, -0.2) is 36.1 Å². The fraction of sp³-hybridized carbons (Fsp3) is 0.421. The molecule has 132 valence electrons. The van der Waals surface area contributed by atoms with E-state index in [4.69, 9.17) is 4.74 Å². The van der Waals surface area contributed by atoms with Crippen LogP contribution in [0.5, 0.6) is 5.75 Å². The molecule has 1 N–H and O–H groups in total. The molecule has 0 atom stereocenters. The van der Waals surface area contributed by atoms with Gasteiger partial charge in [-0.15, -0.1) is 0 Å². The van der Waals surface area contributed by atoms with Gasteiger partial charge < -0.3 is 15.0 Å². The van der Waals surface area contributed by atoms with E-state index in [0.29, 0.717) is 12.2 Å². The van der Waals surface area contributed by atoms with Crippen LogP contribution in [0.4, 0.5) is 5.82 Å². The number of methoxy groups -OCH3 is 1. The van der Waals surface area contributed by atoms with Crippen LogP contribution in [-0.2, 0) is 6.54 Å². The molecule has 1 aliphatic rings. The molecule has 6 nitrogen and oxygen atoms in total. The fourth-order valence-electron chi connectivity index (χ4n) is 2.90. The Balaban J connectivity index is 1.60. The van der Waals surface area contributed by atoms with E-state index in [1.807, 2.05) is 24.3 Å². The zero-order chi connectivity index (χ0) is 17.6. The Bertz CT molecular complexity index is 710. The minimum Gasteiger partial charge on any atom is -0.497 e. The fourth-order valence-corrected chi connectivity index (χ4v) is 2.90. The van der Waals surface area contributed by atoms with Gasteiger partial charge in [0.25, 0.3) is 5.91 Å². The third kappa shape index (κ3) is 4.47. The molecule has 1 aromatic heterocycles. The van der Waals surface area contributed by atoms with Gasteiger partial charge in [0, 0.05) is 25.7 Å². The van der Waals surface area contributed by atoms with Crippen molar-refractivity contribution < 1.29 is 9.53 Å². The van der Waals surface area contributed by atoms with Gasteiger partial charge in [0.2, 0.25) is 0 Å². The Morgan fingerprint density at radius 3 is 2.64 bits per heavy atom. The average molecular weight is 340 g/mol. The number of hydrogen-bond donors (Lipinski definition) is 1. The summed E-state index contributed by atoms with van der Waals surface area (Å²) in [5, 5.41) is 2.90. The summed E-state index contributed by atoms with van der Waals surface area (Å²) in [5.41, 5.74) is 1.41. The number of ether oxygens (including phenoxy) is 1. The molecule has 1 fully saturated rings. The Hall–Kier alpha value is -2.63. The van der Waals surface area contributed by atoms with E-state index in [1.165, 1.54) is 6.33 Å². The lowest BCUT2D eigenvalue weighted by Gasteiger charge is -2.31. The molecule has 0 aliphatic carbocycles. The molecule has 0 unspecified atom stereocenters. The van der Waals surface area contributed by atoms with Crippen LogP contribution in [0.3, 0.4) is 0 Å². The maximum Gasteiger partial charge on any atom is 0.270 e. The summed E-state index contributed by atoms with van der Waals surface area (Å²) in [7, 11) is 1.63. The maximum absolute atomic E-state index is 12.4. The van der Waals surface area contributed by atoms with Gasteiger partial charge in [-0.3, -0.25) is 4.79 Å². The number of hydrogen-bond acceptors (Lipinski definition) is 5. The highest BCUT2D eigenvalue weighted by atomic mass is 16.5. The zero-order valence-electron chi connectivity index (χ0n) is 14.7. The van der Waals surface area contributed by atoms with Gasteiger partial charge in [0.1, 0.15) is 23.6 Å². The molecular weight excluding hydrogens is 316 g/mol. The molecule has 1 aliphatic heterocycles. The van der Waals surface area contributed by atoms with Crippen molar-refractivity contribution in [2.75, 3.05) is 25.1 Å². The predicted molar refractivity (Wildman–Crippen MR) is 96.8 cm³/mol. The minimum absolute atomic E-state index is 0.190. The number of rotatable bonds is 5. The van der Waals surface area contributed by atoms with Crippen LogP contribution >= 0.6 is 0 Å². The lowest BCUT2D eigenvalue weighted by molar-refractivity contribution is 0.0945. The normalized spacial score (nSPS) is 15.0. The largest absolute Gasteiger partial charge is 0.497 e. The maximum atomic E-state index is 12.4. The van der Waals surface area contributed by atoms with Crippen LogP contribution < -0.4 is 15.0 Å². The number of aromatic nitrogens is 2. The molecule has 1 amide bonds. The summed E-state index contributed by atoms with van der Waals surface area (Å²) in [6.45, 7) is 4.68. The van der Waals surface area contributed by atoms with Crippen molar-refractivity contribution in [3.05, 3.63) is 47.9 Å². The van der Waals surface area contributed by atoms with E-state index in [-0.39, 0.29) is 5.91 Å². The molecule has 1 aromatic carbocycles. The highest BCUT2D eigenvalue weighted by molar-refractivity contribution is 5.92. The zero-order valence-corrected chi connectivity index (χ0v) is 14.7. The van der Waals surface area contributed by atoms with E-state index in [0.717, 1.165) is 49.0 Å². The van der Waals surface area contributed by atoms with E-state index < -0.39 is 0 Å². The van der Waals surface area contributed by atoms with Gasteiger partial charge >= 0.3 is 0 Å². The molecule has 1 saturated heterocycles. The van der Waals surface area contributed by atoms with Gasteiger partial charge in [0.05, 0.1) is 7.11 Å². The number of anilines is 1. The molecular formula is C19H24N4O2. The van der Waals surface area contributed by atoms with Crippen molar-refractivity contribution in [2.45, 2.75) is 26.3 Å². The Labute approximate surface area is 148 Å². The summed E-state index contributed by atoms with van der Waals surface area (Å²) in [4.78, 5) is 23.1. The number of carbonyl (C=O) groups excluding carboxylic acids is 1. The lowest BCUT2D eigenvalue weighted by atomic mass is 9.99. The van der Waals surface area contributed by atoms with Gasteiger partial charge in [-0.05, 0) is 36.5 Å². The Morgan fingerprint density at radius 1 is 1.24 bits per heavy atom. The number of amides is 1. The van der Waals surface area contributed by atoms with Gasteiger partial charge in [-0.1, -0.05) is 19.1 Å². The molecule has 6 heteroatoms. The molecule has 0 bridgehead atoms. The first-order valence-corrected chi connectivity index (χ1v) is 8.64. The van der Waals surface area contributed by atoms with Crippen LogP contribution in [0.2, 0.25) is 0 Å². The van der Waals surface area contributed by atoms with Crippen LogP contribution in [0.1, 0.15) is 35.8 Å². The monoisotopic (exact) mass is 340 g/mol. The molecule has 3 rings (SSSR count). The number of benzene rings is 1. The number of piperidine rings is 1. The Kier molecular flexibility index (Phi) is 5.48. The standard InChI is InChI=1S/C19H24N4O2/c1-14-7-9-23(10-8-14)18-11-17(21-13-22-18)19(24)20-12-15-3-5-16(25-2)6-4-15/h3-6,11,13-14H,7-10,12H2,1-2H3,(H,20,24). The summed E-state index contributed by atoms with van der Waals surface area (Å²) in [5.74, 6) is 2.19. The van der Waals surface area contributed by atoms with Crippen molar-refractivity contribution in [1.29, 1.82) is 0 Å². The first kappa shape index (κ1) is 17.2. The number of nitrogens with one attached hydrogen (secondary N) is 1. The van der Waals surface area contributed by atoms with E-state index in [1.54, 1.807) is 13.2 Å². The second kappa shape index (κ2) is 7.96. The van der Waals surface area contributed by atoms with E-state index in [2.05, 4.69) is 27.1 Å². The first-order chi connectivity index (χ1) is 12.2. The van der Waals surface area contributed by atoms with Crippen LogP contribution in [0.15, 0.2) is 36.7 Å². The molecule has 25 heavy (non-hydrogen) atoms. The van der Waals surface area contributed by atoms with Crippen molar-refractivity contribution in [3.63, 3.8) is 0 Å². The summed E-state index contributed by atoms with van der Waals surface area (Å²) < 4.78 is 5.13. The third-order valence-corrected chi connectivity index (χ3v) is 4.61. The van der Waals surface area contributed by atoms with E-state index >= 15 is 0 Å². The van der Waals surface area contributed by atoms with Crippen molar-refractivity contribution in [2.24, 2.45) is 5.92 Å². The molecule has 0 radical (unpaired) electrons. The summed E-state index contributed by atoms with van der Waals surface area (Å²) in [6, 6.07) is 9.39. The highest BCUT2D eigenvalue weighted by Gasteiger charge is 2.18. The summed E-state index contributed by atoms with van der Waals surface area (Å²) in [6.07, 6.45) is 3.78. The van der Waals surface area contributed by atoms with Gasteiger partial charge in [-0.2, -0.15) is 0 Å². The van der Waals surface area contributed by atoms with E-state index in [9.17, 15) is 4.79 Å².